The van der Waals surface area contributed by atoms with E-state index in [-0.39, 0.29) is 5.57 Å². The van der Waals surface area contributed by atoms with Crippen LogP contribution in [-0.4, -0.2) is 22.7 Å². The third-order valence-electron chi connectivity index (χ3n) is 4.06. The minimum atomic E-state index is -0.421. The van der Waals surface area contributed by atoms with Gasteiger partial charge in [-0.1, -0.05) is 42.5 Å². The van der Waals surface area contributed by atoms with Gasteiger partial charge < -0.3 is 5.32 Å². The lowest BCUT2D eigenvalue weighted by atomic mass is 10.0. The maximum Gasteiger partial charge on any atom is 0.261 e. The number of benzene rings is 2. The number of hydrogen-bond acceptors (Lipinski definition) is 3. The first-order valence-electron chi connectivity index (χ1n) is 8.19. The van der Waals surface area contributed by atoms with Gasteiger partial charge in [-0.05, 0) is 30.7 Å². The van der Waals surface area contributed by atoms with Crippen molar-refractivity contribution in [3.8, 4) is 23.0 Å². The summed E-state index contributed by atoms with van der Waals surface area (Å²) in [6, 6.07) is 19.6. The maximum absolute atomic E-state index is 11.9. The lowest BCUT2D eigenvalue weighted by molar-refractivity contribution is -0.116. The molecule has 26 heavy (non-hydrogen) atoms. The van der Waals surface area contributed by atoms with E-state index in [0.717, 1.165) is 22.5 Å². The van der Waals surface area contributed by atoms with E-state index in [9.17, 15) is 10.1 Å². The van der Waals surface area contributed by atoms with Crippen LogP contribution in [0.2, 0.25) is 0 Å². The van der Waals surface area contributed by atoms with Gasteiger partial charge in [-0.25, -0.2) is 4.68 Å². The predicted octanol–water partition coefficient (Wildman–Crippen LogP) is 3.50. The molecule has 2 aromatic carbocycles. The number of rotatable bonds is 4. The summed E-state index contributed by atoms with van der Waals surface area (Å²) in [5.74, 6) is -0.421. The molecule has 0 saturated heterocycles. The molecule has 0 fully saturated rings. The van der Waals surface area contributed by atoms with E-state index in [1.165, 1.54) is 7.05 Å². The molecule has 5 nitrogen and oxygen atoms in total. The lowest BCUT2D eigenvalue weighted by Crippen LogP contribution is -2.19. The van der Waals surface area contributed by atoms with E-state index in [2.05, 4.69) is 5.32 Å². The quantitative estimate of drug-likeness (QED) is 0.583. The summed E-state index contributed by atoms with van der Waals surface area (Å²) in [7, 11) is 1.50. The third kappa shape index (κ3) is 3.40. The molecule has 0 atom stereocenters. The number of para-hydroxylation sites is 1. The van der Waals surface area contributed by atoms with Gasteiger partial charge in [0.25, 0.3) is 5.91 Å². The highest BCUT2D eigenvalue weighted by Crippen LogP contribution is 2.28. The zero-order chi connectivity index (χ0) is 18.5. The van der Waals surface area contributed by atoms with E-state index in [0.29, 0.717) is 5.56 Å². The van der Waals surface area contributed by atoms with Crippen LogP contribution in [0.4, 0.5) is 0 Å². The van der Waals surface area contributed by atoms with Gasteiger partial charge >= 0.3 is 0 Å². The van der Waals surface area contributed by atoms with Crippen molar-refractivity contribution in [3.63, 3.8) is 0 Å². The second kappa shape index (κ2) is 7.49. The van der Waals surface area contributed by atoms with Gasteiger partial charge in [-0.15, -0.1) is 0 Å². The Morgan fingerprint density at radius 1 is 1.15 bits per heavy atom. The summed E-state index contributed by atoms with van der Waals surface area (Å²) < 4.78 is 1.76. The van der Waals surface area contributed by atoms with Gasteiger partial charge in [0.1, 0.15) is 17.3 Å². The fourth-order valence-corrected chi connectivity index (χ4v) is 2.69. The fourth-order valence-electron chi connectivity index (χ4n) is 2.69. The van der Waals surface area contributed by atoms with E-state index in [1.54, 1.807) is 10.8 Å². The van der Waals surface area contributed by atoms with E-state index >= 15 is 0 Å². The Bertz CT molecular complexity index is 1010. The molecule has 128 valence electrons. The summed E-state index contributed by atoms with van der Waals surface area (Å²) in [4.78, 5) is 11.9. The summed E-state index contributed by atoms with van der Waals surface area (Å²) in [6.07, 6.45) is 3.41. The minimum Gasteiger partial charge on any atom is -0.354 e. The Hall–Kier alpha value is -3.65. The first-order chi connectivity index (χ1) is 12.6. The largest absolute Gasteiger partial charge is 0.354 e. The summed E-state index contributed by atoms with van der Waals surface area (Å²) in [5, 5.41) is 16.5. The molecule has 0 bridgehead atoms. The number of nitrogens with one attached hydrogen (secondary N) is 1. The maximum atomic E-state index is 11.9. The van der Waals surface area contributed by atoms with Gasteiger partial charge in [0, 0.05) is 24.4 Å². The molecule has 1 amide bonds. The number of carbonyl (C=O) groups excluding carboxylic acids is 1. The average molecular weight is 342 g/mol. The number of nitrogens with zero attached hydrogens (tertiary/aromatic N) is 3. The van der Waals surface area contributed by atoms with E-state index in [1.807, 2.05) is 73.8 Å². The molecule has 3 aromatic rings. The van der Waals surface area contributed by atoms with Crippen molar-refractivity contribution in [1.29, 1.82) is 5.26 Å². The number of likely N-dealkylation sites (N-methyl/N-ethyl adjacent to an activating group) is 1. The molecular weight excluding hydrogens is 324 g/mol. The van der Waals surface area contributed by atoms with Crippen LogP contribution in [0.15, 0.2) is 66.4 Å². The highest BCUT2D eigenvalue weighted by atomic mass is 16.1. The molecular formula is C21H18N4O. The van der Waals surface area contributed by atoms with Gasteiger partial charge in [0.15, 0.2) is 0 Å². The number of aryl methyl sites for hydroxylation is 1. The highest BCUT2D eigenvalue weighted by molar-refractivity contribution is 6.02. The smallest absolute Gasteiger partial charge is 0.261 e. The third-order valence-corrected chi connectivity index (χ3v) is 4.06. The van der Waals surface area contributed by atoms with Crippen LogP contribution in [0.3, 0.4) is 0 Å². The molecule has 5 heteroatoms. The van der Waals surface area contributed by atoms with E-state index < -0.39 is 5.91 Å². The second-order valence-electron chi connectivity index (χ2n) is 5.78. The van der Waals surface area contributed by atoms with E-state index in [4.69, 9.17) is 5.10 Å². The molecule has 0 unspecified atom stereocenters. The Morgan fingerprint density at radius 2 is 1.85 bits per heavy atom. The SMILES string of the molecule is CNC(=O)/C(C#N)=C/c1cn(-c2ccccc2)nc1-c1ccccc1C. The fraction of sp³-hybridized carbons (Fsp3) is 0.0952. The number of carbonyl (C=O) groups is 1. The Morgan fingerprint density at radius 3 is 2.50 bits per heavy atom. The molecule has 1 aromatic heterocycles. The van der Waals surface area contributed by atoms with Crippen molar-refractivity contribution >= 4 is 12.0 Å². The van der Waals surface area contributed by atoms with Crippen LogP contribution in [0.25, 0.3) is 23.0 Å². The van der Waals surface area contributed by atoms with Crippen molar-refractivity contribution in [2.45, 2.75) is 6.92 Å². The Labute approximate surface area is 152 Å². The van der Waals surface area contributed by atoms with Crippen molar-refractivity contribution in [2.75, 3.05) is 7.05 Å². The molecule has 3 rings (SSSR count). The Kier molecular flexibility index (Phi) is 4.95. The monoisotopic (exact) mass is 342 g/mol. The van der Waals surface area contributed by atoms with Crippen LogP contribution in [-0.2, 0) is 4.79 Å². The molecule has 0 radical (unpaired) electrons. The average Bonchev–Trinajstić information content (AvgIpc) is 3.10. The van der Waals surface area contributed by atoms with Crippen LogP contribution >= 0.6 is 0 Å². The number of amides is 1. The summed E-state index contributed by atoms with van der Waals surface area (Å²) >= 11 is 0. The predicted molar refractivity (Wildman–Crippen MR) is 101 cm³/mol. The Balaban J connectivity index is 2.20. The molecule has 1 N–H and O–H groups in total. The van der Waals surface area contributed by atoms with Gasteiger partial charge in [0.2, 0.25) is 0 Å². The van der Waals surface area contributed by atoms with Gasteiger partial charge in [-0.3, -0.25) is 4.79 Å². The first-order valence-corrected chi connectivity index (χ1v) is 8.19. The molecule has 0 spiro atoms. The van der Waals surface area contributed by atoms with Crippen LogP contribution in [0.5, 0.6) is 0 Å². The zero-order valence-corrected chi connectivity index (χ0v) is 14.6. The minimum absolute atomic E-state index is 0.0370. The molecule has 0 aliphatic heterocycles. The van der Waals surface area contributed by atoms with Crippen LogP contribution in [0.1, 0.15) is 11.1 Å². The summed E-state index contributed by atoms with van der Waals surface area (Å²) in [5.41, 5.74) is 4.41. The second-order valence-corrected chi connectivity index (χ2v) is 5.78. The van der Waals surface area contributed by atoms with Crippen molar-refractivity contribution in [1.82, 2.24) is 15.1 Å². The topological polar surface area (TPSA) is 70.7 Å². The highest BCUT2D eigenvalue weighted by Gasteiger charge is 2.15. The normalized spacial score (nSPS) is 11.0. The number of aromatic nitrogens is 2. The van der Waals surface area contributed by atoms with Crippen LogP contribution < -0.4 is 5.32 Å². The molecule has 0 aliphatic rings. The van der Waals surface area contributed by atoms with Gasteiger partial charge in [-0.2, -0.15) is 10.4 Å². The zero-order valence-electron chi connectivity index (χ0n) is 14.6. The van der Waals surface area contributed by atoms with Crippen molar-refractivity contribution in [3.05, 3.63) is 77.5 Å². The first kappa shape index (κ1) is 17.2. The molecule has 0 saturated carbocycles. The number of nitriles is 1. The lowest BCUT2D eigenvalue weighted by Gasteiger charge is -2.04. The van der Waals surface area contributed by atoms with Crippen molar-refractivity contribution < 1.29 is 4.79 Å². The van der Waals surface area contributed by atoms with Gasteiger partial charge in [0.05, 0.1) is 5.69 Å². The number of hydrogen-bond donors (Lipinski definition) is 1. The summed E-state index contributed by atoms with van der Waals surface area (Å²) in [6.45, 7) is 2.01. The standard InChI is InChI=1S/C21H18N4O/c1-15-8-6-7-11-19(15)20-17(12-16(13-22)21(26)23-2)14-25(24-20)18-9-4-3-5-10-18/h3-12,14H,1-2H3,(H,23,26)/b16-12+. The molecule has 0 aliphatic carbocycles. The van der Waals surface area contributed by atoms with Crippen molar-refractivity contribution in [2.24, 2.45) is 0 Å². The molecule has 1 heterocycles. The van der Waals surface area contributed by atoms with Crippen LogP contribution in [0, 0.1) is 18.3 Å².